The van der Waals surface area contributed by atoms with Crippen LogP contribution in [-0.2, 0) is 14.0 Å². The molecule has 1 aromatic carbocycles. The van der Waals surface area contributed by atoms with Crippen molar-refractivity contribution in [2.45, 2.75) is 65.3 Å². The van der Waals surface area contributed by atoms with Crippen molar-refractivity contribution in [3.05, 3.63) is 40.6 Å². The summed E-state index contributed by atoms with van der Waals surface area (Å²) in [5.41, 5.74) is -1.01. The van der Waals surface area contributed by atoms with Crippen molar-refractivity contribution >= 4 is 25.6 Å². The maximum absolute atomic E-state index is 14.0. The van der Waals surface area contributed by atoms with E-state index in [1.54, 1.807) is 32.9 Å². The number of alkyl carbamates (subject to hydrolysis) is 1. The van der Waals surface area contributed by atoms with Crippen LogP contribution >= 0.6 is 0 Å². The van der Waals surface area contributed by atoms with Crippen LogP contribution in [0.4, 0.5) is 9.18 Å². The lowest BCUT2D eigenvalue weighted by molar-refractivity contribution is 0.00578. The molecule has 0 unspecified atom stereocenters. The fourth-order valence-electron chi connectivity index (χ4n) is 2.69. The molecule has 0 aliphatic carbocycles. The highest BCUT2D eigenvalue weighted by Crippen LogP contribution is 2.38. The Balaban J connectivity index is 2.36. The predicted molar refractivity (Wildman–Crippen MR) is 110 cm³/mol. The molecule has 0 spiro atoms. The van der Waals surface area contributed by atoms with Crippen LogP contribution in [0.2, 0.25) is 0 Å². The van der Waals surface area contributed by atoms with E-state index < -0.39 is 35.8 Å². The highest BCUT2D eigenvalue weighted by atomic mass is 19.1. The van der Waals surface area contributed by atoms with Gasteiger partial charge in [0.1, 0.15) is 11.4 Å². The van der Waals surface area contributed by atoms with Crippen molar-refractivity contribution in [1.82, 2.24) is 5.32 Å². The molecule has 1 aliphatic rings. The lowest BCUT2D eigenvalue weighted by Crippen LogP contribution is -2.41. The summed E-state index contributed by atoms with van der Waals surface area (Å²) in [6.07, 6.45) is 1.46. The normalized spacial score (nSPS) is 18.5. The maximum atomic E-state index is 14.0. The molecule has 2 rings (SSSR count). The minimum absolute atomic E-state index is 0.0422. The Morgan fingerprint density at radius 2 is 1.79 bits per heavy atom. The van der Waals surface area contributed by atoms with E-state index in [-0.39, 0.29) is 12.1 Å². The molecular weight excluding hydrogens is 376 g/mol. The van der Waals surface area contributed by atoms with E-state index in [4.69, 9.17) is 14.0 Å². The van der Waals surface area contributed by atoms with E-state index >= 15 is 0 Å². The molecule has 6 nitrogen and oxygen atoms in total. The van der Waals surface area contributed by atoms with Crippen LogP contribution in [0.3, 0.4) is 0 Å². The summed E-state index contributed by atoms with van der Waals surface area (Å²) in [5.74, 6) is -0.623. The SMILES string of the molecule is CC(C)(C)OC(=O)NCC(=Cc1cccc(F)c1C=O)B1OC(C)(C)C(C)(C)O1. The maximum Gasteiger partial charge on any atom is 0.492 e. The number of aldehydes is 1. The highest BCUT2D eigenvalue weighted by molar-refractivity contribution is 6.56. The number of carbonyl (C=O) groups excluding carboxylic acids is 2. The van der Waals surface area contributed by atoms with Crippen LogP contribution in [0.15, 0.2) is 23.7 Å². The topological polar surface area (TPSA) is 73.9 Å². The first kappa shape index (κ1) is 23.1. The molecule has 0 bridgehead atoms. The third-order valence-corrected chi connectivity index (χ3v) is 4.94. The molecule has 0 saturated carbocycles. The third kappa shape index (κ3) is 5.67. The first-order valence-corrected chi connectivity index (χ1v) is 9.52. The van der Waals surface area contributed by atoms with Crippen LogP contribution < -0.4 is 5.32 Å². The summed E-state index contributed by atoms with van der Waals surface area (Å²) < 4.78 is 31.4. The van der Waals surface area contributed by atoms with Crippen molar-refractivity contribution in [1.29, 1.82) is 0 Å². The molecule has 0 radical (unpaired) electrons. The number of nitrogens with one attached hydrogen (secondary N) is 1. The van der Waals surface area contributed by atoms with E-state index in [0.29, 0.717) is 17.3 Å². The Morgan fingerprint density at radius 1 is 1.21 bits per heavy atom. The van der Waals surface area contributed by atoms with E-state index in [1.807, 2.05) is 27.7 Å². The molecule has 1 aromatic rings. The van der Waals surface area contributed by atoms with Crippen LogP contribution in [0.1, 0.15) is 64.4 Å². The quantitative estimate of drug-likeness (QED) is 0.588. The zero-order valence-corrected chi connectivity index (χ0v) is 18.1. The van der Waals surface area contributed by atoms with Crippen molar-refractivity contribution in [3.63, 3.8) is 0 Å². The molecule has 29 heavy (non-hydrogen) atoms. The van der Waals surface area contributed by atoms with Crippen molar-refractivity contribution in [2.24, 2.45) is 0 Å². The van der Waals surface area contributed by atoms with Gasteiger partial charge in [-0.3, -0.25) is 4.79 Å². The average molecular weight is 405 g/mol. The molecule has 1 amide bonds. The van der Waals surface area contributed by atoms with Gasteiger partial charge in [-0.05, 0) is 65.6 Å². The van der Waals surface area contributed by atoms with Crippen molar-refractivity contribution in [3.8, 4) is 0 Å². The van der Waals surface area contributed by atoms with Gasteiger partial charge in [-0.25, -0.2) is 9.18 Å². The van der Waals surface area contributed by atoms with Gasteiger partial charge < -0.3 is 19.4 Å². The Labute approximate surface area is 171 Å². The van der Waals surface area contributed by atoms with Gasteiger partial charge in [0.2, 0.25) is 0 Å². The molecular formula is C21H29BFNO5. The first-order valence-electron chi connectivity index (χ1n) is 9.52. The zero-order chi connectivity index (χ0) is 22.0. The van der Waals surface area contributed by atoms with Gasteiger partial charge in [-0.2, -0.15) is 0 Å². The predicted octanol–water partition coefficient (Wildman–Crippen LogP) is 4.18. The molecule has 0 aromatic heterocycles. The van der Waals surface area contributed by atoms with Gasteiger partial charge in [-0.15, -0.1) is 0 Å². The molecule has 8 heteroatoms. The second kappa shape index (κ2) is 8.28. The van der Waals surface area contributed by atoms with Crippen LogP contribution in [0.25, 0.3) is 6.08 Å². The summed E-state index contributed by atoms with van der Waals surface area (Å²) in [4.78, 5) is 23.5. The number of rotatable bonds is 5. The number of carbonyl (C=O) groups is 2. The summed E-state index contributed by atoms with van der Waals surface area (Å²) in [6, 6.07) is 4.34. The van der Waals surface area contributed by atoms with Gasteiger partial charge in [0.15, 0.2) is 6.29 Å². The van der Waals surface area contributed by atoms with Gasteiger partial charge in [0.25, 0.3) is 0 Å². The van der Waals surface area contributed by atoms with Gasteiger partial charge in [0.05, 0.1) is 16.8 Å². The van der Waals surface area contributed by atoms with Crippen LogP contribution in [0.5, 0.6) is 0 Å². The minimum atomic E-state index is -0.780. The Bertz CT molecular complexity index is 798. The minimum Gasteiger partial charge on any atom is -0.444 e. The summed E-state index contributed by atoms with van der Waals surface area (Å²) >= 11 is 0. The molecule has 1 heterocycles. The Hall–Kier alpha value is -2.19. The average Bonchev–Trinajstić information content (AvgIpc) is 2.77. The summed E-state index contributed by atoms with van der Waals surface area (Å²) in [5, 5.41) is 2.67. The summed E-state index contributed by atoms with van der Waals surface area (Å²) in [7, 11) is -0.780. The number of benzene rings is 1. The molecule has 0 atom stereocenters. The van der Waals surface area contributed by atoms with E-state index in [0.717, 1.165) is 0 Å². The third-order valence-electron chi connectivity index (χ3n) is 4.94. The number of hydrogen-bond acceptors (Lipinski definition) is 5. The van der Waals surface area contributed by atoms with E-state index in [2.05, 4.69) is 5.32 Å². The van der Waals surface area contributed by atoms with Gasteiger partial charge in [0, 0.05) is 6.54 Å². The zero-order valence-electron chi connectivity index (χ0n) is 18.1. The lowest BCUT2D eigenvalue weighted by atomic mass is 9.76. The molecule has 1 fully saturated rings. The largest absolute Gasteiger partial charge is 0.492 e. The van der Waals surface area contributed by atoms with Gasteiger partial charge in [-0.1, -0.05) is 18.2 Å². The lowest BCUT2D eigenvalue weighted by Gasteiger charge is -2.32. The molecule has 158 valence electrons. The first-order chi connectivity index (χ1) is 13.3. The fraction of sp³-hybridized carbons (Fsp3) is 0.524. The number of halogens is 1. The van der Waals surface area contributed by atoms with Crippen LogP contribution in [-0.4, -0.2) is 42.8 Å². The van der Waals surface area contributed by atoms with Gasteiger partial charge >= 0.3 is 13.2 Å². The van der Waals surface area contributed by atoms with E-state index in [1.165, 1.54) is 12.1 Å². The molecule has 1 aliphatic heterocycles. The second-order valence-electron chi connectivity index (χ2n) is 9.02. The highest BCUT2D eigenvalue weighted by Gasteiger charge is 2.52. The summed E-state index contributed by atoms with van der Waals surface area (Å²) in [6.45, 7) is 13.0. The van der Waals surface area contributed by atoms with Crippen molar-refractivity contribution in [2.75, 3.05) is 6.54 Å². The van der Waals surface area contributed by atoms with Crippen LogP contribution in [0, 0.1) is 5.82 Å². The standard InChI is InChI=1S/C21H29BFNO5/c1-19(2,3)27-18(26)24-12-15(22-28-20(4,5)21(6,7)29-22)11-14-9-8-10-17(23)16(14)13-25/h8-11,13H,12H2,1-7H3,(H,24,26). The Kier molecular flexibility index (Phi) is 6.60. The second-order valence-corrected chi connectivity index (χ2v) is 9.02. The molecule has 1 N–H and O–H groups in total. The number of hydrogen-bond donors (Lipinski definition) is 1. The van der Waals surface area contributed by atoms with E-state index in [9.17, 15) is 14.0 Å². The van der Waals surface area contributed by atoms with Crippen molar-refractivity contribution < 1.29 is 28.0 Å². The monoisotopic (exact) mass is 405 g/mol. The number of amides is 1. The fourth-order valence-corrected chi connectivity index (χ4v) is 2.69. The number of ether oxygens (including phenoxy) is 1. The smallest absolute Gasteiger partial charge is 0.444 e. The molecule has 1 saturated heterocycles. The Morgan fingerprint density at radius 3 is 2.31 bits per heavy atom.